The zero-order valence-electron chi connectivity index (χ0n) is 25.0. The predicted molar refractivity (Wildman–Crippen MR) is 167 cm³/mol. The second-order valence-corrected chi connectivity index (χ2v) is 11.8. The summed E-state index contributed by atoms with van der Waals surface area (Å²) in [6.07, 6.45) is -0.333. The Labute approximate surface area is 263 Å². The van der Waals surface area contributed by atoms with Crippen molar-refractivity contribution < 1.29 is 29.3 Å². The second-order valence-electron chi connectivity index (χ2n) is 11.4. The Morgan fingerprint density at radius 1 is 0.864 bits per heavy atom. The van der Waals surface area contributed by atoms with Gasteiger partial charge in [-0.15, -0.1) is 0 Å². The van der Waals surface area contributed by atoms with Gasteiger partial charge in [-0.05, 0) is 55.5 Å². The Kier molecular flexibility index (Phi) is 11.2. The molecule has 5 atom stereocenters. The number of nitrogens with zero attached hydrogens (tertiary/aromatic N) is 1. The number of benzene rings is 3. The SMILES string of the molecule is CC1NC(C)C(CCOCCOC(c2ccccc2)c2ccccc2)(C(=O)O)C(c2cccc(Cl)c2)C1(CCC#N)C(=O)O. The van der Waals surface area contributed by atoms with Crippen molar-refractivity contribution >= 4 is 23.5 Å². The van der Waals surface area contributed by atoms with Crippen molar-refractivity contribution in [1.29, 1.82) is 5.26 Å². The smallest absolute Gasteiger partial charge is 0.311 e. The first kappa shape index (κ1) is 33.2. The molecule has 0 bridgehead atoms. The monoisotopic (exact) mass is 618 g/mol. The molecule has 0 spiro atoms. The van der Waals surface area contributed by atoms with E-state index in [1.807, 2.05) is 60.7 Å². The van der Waals surface area contributed by atoms with E-state index >= 15 is 0 Å². The minimum absolute atomic E-state index is 0.0268. The lowest BCUT2D eigenvalue weighted by Gasteiger charge is -2.57. The quantitative estimate of drug-likeness (QED) is 0.176. The van der Waals surface area contributed by atoms with Gasteiger partial charge < -0.3 is 25.0 Å². The molecule has 1 heterocycles. The largest absolute Gasteiger partial charge is 0.481 e. The van der Waals surface area contributed by atoms with Crippen molar-refractivity contribution in [2.75, 3.05) is 19.8 Å². The average molecular weight is 619 g/mol. The Bertz CT molecular complexity index is 1410. The first-order chi connectivity index (χ1) is 21.2. The third kappa shape index (κ3) is 6.67. The summed E-state index contributed by atoms with van der Waals surface area (Å²) in [4.78, 5) is 26.5. The molecule has 232 valence electrons. The predicted octanol–water partition coefficient (Wildman–Crippen LogP) is 6.46. The van der Waals surface area contributed by atoms with Crippen molar-refractivity contribution in [3.63, 3.8) is 0 Å². The zero-order valence-corrected chi connectivity index (χ0v) is 25.7. The third-order valence-corrected chi connectivity index (χ3v) is 9.32. The lowest BCUT2D eigenvalue weighted by atomic mass is 9.49. The minimum atomic E-state index is -1.59. The molecule has 3 aromatic rings. The van der Waals surface area contributed by atoms with E-state index in [0.717, 1.165) is 11.1 Å². The van der Waals surface area contributed by atoms with Crippen LogP contribution in [0.25, 0.3) is 0 Å². The van der Waals surface area contributed by atoms with Gasteiger partial charge in [-0.1, -0.05) is 84.4 Å². The maximum Gasteiger partial charge on any atom is 0.311 e. The fourth-order valence-corrected chi connectivity index (χ4v) is 7.14. The Morgan fingerprint density at radius 3 is 1.95 bits per heavy atom. The van der Waals surface area contributed by atoms with E-state index in [-0.39, 0.29) is 45.2 Å². The maximum absolute atomic E-state index is 13.4. The highest BCUT2D eigenvalue weighted by Gasteiger charge is 2.66. The highest BCUT2D eigenvalue weighted by molar-refractivity contribution is 6.30. The van der Waals surface area contributed by atoms with Crippen LogP contribution in [0.15, 0.2) is 84.9 Å². The zero-order chi connectivity index (χ0) is 31.7. The summed E-state index contributed by atoms with van der Waals surface area (Å²) in [5.41, 5.74) is -0.648. The number of aliphatic carboxylic acids is 2. The molecule has 1 saturated heterocycles. The number of ether oxygens (including phenoxy) is 2. The molecule has 0 aromatic heterocycles. The van der Waals surface area contributed by atoms with Crippen LogP contribution in [0.5, 0.6) is 0 Å². The number of piperidine rings is 1. The molecule has 1 aliphatic heterocycles. The van der Waals surface area contributed by atoms with Crippen molar-refractivity contribution in [2.45, 2.75) is 57.2 Å². The summed E-state index contributed by atoms with van der Waals surface area (Å²) < 4.78 is 12.2. The van der Waals surface area contributed by atoms with E-state index in [0.29, 0.717) is 10.6 Å². The number of carboxylic acid groups (broad SMARTS) is 2. The van der Waals surface area contributed by atoms with E-state index in [2.05, 4.69) is 11.4 Å². The molecule has 0 radical (unpaired) electrons. The standard InChI is InChI=1S/C35H39ClN2O6/c1-24-34(32(39)40,17-10-19-37)31(28-15-9-16-29(36)23-28)35(33(41)42,25(2)38-24)18-20-43-21-22-44-30(26-11-5-3-6-12-26)27-13-7-4-8-14-27/h3-9,11-16,23-25,30-31,38H,10,17-18,20-22H2,1-2H3,(H,39,40)(H,41,42). The molecule has 9 heteroatoms. The number of hydrogen-bond acceptors (Lipinski definition) is 6. The van der Waals surface area contributed by atoms with Crippen LogP contribution in [0.3, 0.4) is 0 Å². The number of carboxylic acids is 2. The van der Waals surface area contributed by atoms with Crippen LogP contribution in [0.4, 0.5) is 0 Å². The highest BCUT2D eigenvalue weighted by atomic mass is 35.5. The molecular weight excluding hydrogens is 580 g/mol. The summed E-state index contributed by atoms with van der Waals surface area (Å²) in [7, 11) is 0. The second kappa shape index (κ2) is 14.8. The van der Waals surface area contributed by atoms with Crippen LogP contribution >= 0.6 is 11.6 Å². The molecule has 5 unspecified atom stereocenters. The Balaban J connectivity index is 1.58. The van der Waals surface area contributed by atoms with Crippen molar-refractivity contribution in [1.82, 2.24) is 5.32 Å². The number of rotatable bonds is 14. The van der Waals surface area contributed by atoms with Gasteiger partial charge >= 0.3 is 11.9 Å². The lowest BCUT2D eigenvalue weighted by molar-refractivity contribution is -0.175. The summed E-state index contributed by atoms with van der Waals surface area (Å²) in [6.45, 7) is 4.05. The summed E-state index contributed by atoms with van der Waals surface area (Å²) in [5, 5.41) is 34.7. The Hall–Kier alpha value is -3.74. The Morgan fingerprint density at radius 2 is 1.43 bits per heavy atom. The molecule has 4 rings (SSSR count). The summed E-state index contributed by atoms with van der Waals surface area (Å²) in [5.74, 6) is -3.29. The number of carbonyl (C=O) groups is 2. The molecule has 0 amide bonds. The number of nitrogens with one attached hydrogen (secondary N) is 1. The van der Waals surface area contributed by atoms with Crippen LogP contribution in [-0.4, -0.2) is 54.1 Å². The molecule has 1 fully saturated rings. The molecule has 0 saturated carbocycles. The molecule has 3 N–H and O–H groups in total. The van der Waals surface area contributed by atoms with E-state index in [1.165, 1.54) is 0 Å². The van der Waals surface area contributed by atoms with E-state index in [9.17, 15) is 25.1 Å². The normalized spacial score (nSPS) is 24.9. The highest BCUT2D eigenvalue weighted by Crippen LogP contribution is 2.59. The van der Waals surface area contributed by atoms with Gasteiger partial charge in [0.15, 0.2) is 0 Å². The first-order valence-electron chi connectivity index (χ1n) is 14.8. The van der Waals surface area contributed by atoms with Crippen LogP contribution in [-0.2, 0) is 19.1 Å². The maximum atomic E-state index is 13.4. The molecule has 1 aliphatic rings. The first-order valence-corrected chi connectivity index (χ1v) is 15.2. The molecular formula is C35H39ClN2O6. The van der Waals surface area contributed by atoms with Gasteiger partial charge in [0, 0.05) is 36.1 Å². The van der Waals surface area contributed by atoms with Gasteiger partial charge in [0.1, 0.15) is 6.10 Å². The van der Waals surface area contributed by atoms with Crippen LogP contribution in [0.2, 0.25) is 5.02 Å². The number of hydrogen-bond donors (Lipinski definition) is 3. The van der Waals surface area contributed by atoms with Gasteiger partial charge in [0.25, 0.3) is 0 Å². The summed E-state index contributed by atoms with van der Waals surface area (Å²) >= 11 is 6.36. The van der Waals surface area contributed by atoms with E-state index in [1.54, 1.807) is 38.1 Å². The molecule has 3 aromatic carbocycles. The van der Waals surface area contributed by atoms with Crippen LogP contribution in [0, 0.1) is 22.2 Å². The molecule has 0 aliphatic carbocycles. The number of nitriles is 1. The fraction of sp³-hybridized carbons (Fsp3) is 0.400. The van der Waals surface area contributed by atoms with Crippen molar-refractivity contribution in [2.24, 2.45) is 10.8 Å². The molecule has 44 heavy (non-hydrogen) atoms. The van der Waals surface area contributed by atoms with Crippen molar-refractivity contribution in [3.8, 4) is 6.07 Å². The van der Waals surface area contributed by atoms with E-state index in [4.69, 9.17) is 21.1 Å². The van der Waals surface area contributed by atoms with Crippen molar-refractivity contribution in [3.05, 3.63) is 107 Å². The van der Waals surface area contributed by atoms with Gasteiger partial charge in [-0.25, -0.2) is 0 Å². The molecule has 8 nitrogen and oxygen atoms in total. The van der Waals surface area contributed by atoms with Gasteiger partial charge in [-0.3, -0.25) is 9.59 Å². The minimum Gasteiger partial charge on any atom is -0.481 e. The van der Waals surface area contributed by atoms with E-state index < -0.39 is 40.8 Å². The number of halogens is 1. The van der Waals surface area contributed by atoms with Gasteiger partial charge in [-0.2, -0.15) is 5.26 Å². The average Bonchev–Trinajstić information content (AvgIpc) is 3.01. The topological polar surface area (TPSA) is 129 Å². The fourth-order valence-electron chi connectivity index (χ4n) is 6.94. The summed E-state index contributed by atoms with van der Waals surface area (Å²) in [6, 6.07) is 27.3. The lowest BCUT2D eigenvalue weighted by Crippen LogP contribution is -2.69. The van der Waals surface area contributed by atoms with Gasteiger partial charge in [0.05, 0.1) is 30.1 Å². The van der Waals surface area contributed by atoms with Crippen LogP contribution < -0.4 is 5.32 Å². The third-order valence-electron chi connectivity index (χ3n) is 9.08. The van der Waals surface area contributed by atoms with Crippen LogP contribution in [0.1, 0.15) is 61.8 Å². The van der Waals surface area contributed by atoms with Gasteiger partial charge in [0.2, 0.25) is 0 Å².